The second-order valence-corrected chi connectivity index (χ2v) is 7.43. The number of aromatic amines is 1. The van der Waals surface area contributed by atoms with Crippen molar-refractivity contribution in [3.63, 3.8) is 0 Å². The van der Waals surface area contributed by atoms with Crippen LogP contribution in [0.5, 0.6) is 0 Å². The molecule has 0 bridgehead atoms. The van der Waals surface area contributed by atoms with Crippen molar-refractivity contribution in [3.8, 4) is 0 Å². The molecule has 1 amide bonds. The summed E-state index contributed by atoms with van der Waals surface area (Å²) in [5, 5.41) is 0.404. The SMILES string of the molecule is CCn1c(=O)[nH]c2cc(C(=O)N3CCN(C)CC3c3ccccc3)ccc2c1=O. The summed E-state index contributed by atoms with van der Waals surface area (Å²) < 4.78 is 1.15. The molecule has 1 aliphatic heterocycles. The third-order valence-electron chi connectivity index (χ3n) is 5.57. The molecule has 0 saturated carbocycles. The van der Waals surface area contributed by atoms with Gasteiger partial charge in [0.1, 0.15) is 0 Å². The summed E-state index contributed by atoms with van der Waals surface area (Å²) in [5.74, 6) is -0.102. The number of nitrogens with zero attached hydrogens (tertiary/aromatic N) is 3. The van der Waals surface area contributed by atoms with E-state index in [0.29, 0.717) is 29.6 Å². The number of carbonyl (C=O) groups is 1. The minimum atomic E-state index is -0.462. The smallest absolute Gasteiger partial charge is 0.328 e. The molecule has 7 heteroatoms. The van der Waals surface area contributed by atoms with Crippen molar-refractivity contribution < 1.29 is 4.79 Å². The third-order valence-corrected chi connectivity index (χ3v) is 5.57. The molecule has 1 unspecified atom stereocenters. The van der Waals surface area contributed by atoms with Crippen LogP contribution in [0.1, 0.15) is 28.9 Å². The van der Waals surface area contributed by atoms with Gasteiger partial charge in [0.15, 0.2) is 0 Å². The average molecular weight is 392 g/mol. The first kappa shape index (κ1) is 19.1. The van der Waals surface area contributed by atoms with Crippen LogP contribution in [0.4, 0.5) is 0 Å². The minimum Gasteiger partial charge on any atom is -0.329 e. The molecule has 29 heavy (non-hydrogen) atoms. The highest BCUT2D eigenvalue weighted by molar-refractivity contribution is 5.98. The van der Waals surface area contributed by atoms with Crippen molar-refractivity contribution in [2.24, 2.45) is 0 Å². The van der Waals surface area contributed by atoms with Crippen molar-refractivity contribution in [1.82, 2.24) is 19.4 Å². The van der Waals surface area contributed by atoms with E-state index in [-0.39, 0.29) is 17.5 Å². The molecule has 1 atom stereocenters. The molecule has 0 aliphatic carbocycles. The van der Waals surface area contributed by atoms with Gasteiger partial charge in [-0.3, -0.25) is 14.2 Å². The Labute approximate surface area is 168 Å². The maximum Gasteiger partial charge on any atom is 0.328 e. The van der Waals surface area contributed by atoms with Gasteiger partial charge in [-0.05, 0) is 37.7 Å². The summed E-state index contributed by atoms with van der Waals surface area (Å²) in [4.78, 5) is 44.8. The van der Waals surface area contributed by atoms with Crippen LogP contribution >= 0.6 is 0 Å². The maximum absolute atomic E-state index is 13.4. The lowest BCUT2D eigenvalue weighted by Gasteiger charge is -2.40. The molecule has 1 N–H and O–H groups in total. The molecule has 4 rings (SSSR count). The molecule has 3 aromatic rings. The van der Waals surface area contributed by atoms with Crippen molar-refractivity contribution in [3.05, 3.63) is 80.5 Å². The molecule has 1 saturated heterocycles. The number of H-pyrrole nitrogens is 1. The zero-order valence-electron chi connectivity index (χ0n) is 16.6. The van der Waals surface area contributed by atoms with E-state index in [0.717, 1.165) is 23.2 Å². The highest BCUT2D eigenvalue weighted by Crippen LogP contribution is 2.27. The van der Waals surface area contributed by atoms with E-state index < -0.39 is 5.69 Å². The Bertz CT molecular complexity index is 1170. The first-order valence-corrected chi connectivity index (χ1v) is 9.81. The third kappa shape index (κ3) is 3.49. The number of hydrogen-bond donors (Lipinski definition) is 1. The molecule has 0 radical (unpaired) electrons. The Morgan fingerprint density at radius 1 is 1.10 bits per heavy atom. The second-order valence-electron chi connectivity index (χ2n) is 7.43. The second kappa shape index (κ2) is 7.67. The predicted octanol–water partition coefficient (Wildman–Crippen LogP) is 1.84. The number of carbonyl (C=O) groups excluding carboxylic acids is 1. The maximum atomic E-state index is 13.4. The summed E-state index contributed by atoms with van der Waals surface area (Å²) in [7, 11) is 2.05. The summed E-state index contributed by atoms with van der Waals surface area (Å²) >= 11 is 0. The molecule has 7 nitrogen and oxygen atoms in total. The number of nitrogens with one attached hydrogen (secondary N) is 1. The van der Waals surface area contributed by atoms with Gasteiger partial charge in [0.05, 0.1) is 16.9 Å². The lowest BCUT2D eigenvalue weighted by atomic mass is 10.0. The van der Waals surface area contributed by atoms with Gasteiger partial charge in [-0.2, -0.15) is 0 Å². The van der Waals surface area contributed by atoms with Gasteiger partial charge in [0.25, 0.3) is 11.5 Å². The Morgan fingerprint density at radius 2 is 1.86 bits per heavy atom. The van der Waals surface area contributed by atoms with Gasteiger partial charge >= 0.3 is 5.69 Å². The number of piperazine rings is 1. The number of rotatable bonds is 3. The minimum absolute atomic E-state index is 0.0507. The van der Waals surface area contributed by atoms with Crippen molar-refractivity contribution in [2.75, 3.05) is 26.7 Å². The molecule has 0 spiro atoms. The van der Waals surface area contributed by atoms with Crippen molar-refractivity contribution in [2.45, 2.75) is 19.5 Å². The van der Waals surface area contributed by atoms with Crippen LogP contribution in [0.25, 0.3) is 10.9 Å². The van der Waals surface area contributed by atoms with Crippen LogP contribution in [-0.2, 0) is 6.54 Å². The topological polar surface area (TPSA) is 78.4 Å². The van der Waals surface area contributed by atoms with E-state index in [9.17, 15) is 14.4 Å². The zero-order chi connectivity index (χ0) is 20.5. The van der Waals surface area contributed by atoms with Crippen LogP contribution in [0.15, 0.2) is 58.1 Å². The van der Waals surface area contributed by atoms with Crippen LogP contribution in [0, 0.1) is 0 Å². The first-order chi connectivity index (χ1) is 14.0. The van der Waals surface area contributed by atoms with Gasteiger partial charge in [-0.25, -0.2) is 4.79 Å². The summed E-state index contributed by atoms with van der Waals surface area (Å²) in [6.45, 7) is 4.20. The monoisotopic (exact) mass is 392 g/mol. The zero-order valence-corrected chi connectivity index (χ0v) is 16.6. The predicted molar refractivity (Wildman–Crippen MR) is 112 cm³/mol. The number of hydrogen-bond acceptors (Lipinski definition) is 4. The summed E-state index contributed by atoms with van der Waals surface area (Å²) in [6, 6.07) is 14.9. The fourth-order valence-corrected chi connectivity index (χ4v) is 3.96. The highest BCUT2D eigenvalue weighted by atomic mass is 16.2. The lowest BCUT2D eigenvalue weighted by molar-refractivity contribution is 0.0498. The first-order valence-electron chi connectivity index (χ1n) is 9.81. The Morgan fingerprint density at radius 3 is 2.59 bits per heavy atom. The Hall–Kier alpha value is -3.19. The molecule has 1 aromatic heterocycles. The molecular weight excluding hydrogens is 368 g/mol. The van der Waals surface area contributed by atoms with Gasteiger partial charge in [0, 0.05) is 31.7 Å². The molecule has 150 valence electrons. The molecule has 1 fully saturated rings. The average Bonchev–Trinajstić information content (AvgIpc) is 2.73. The van der Waals surface area contributed by atoms with E-state index in [1.165, 1.54) is 0 Å². The molecule has 1 aliphatic rings. The van der Waals surface area contributed by atoms with E-state index in [1.54, 1.807) is 25.1 Å². The number of amides is 1. The number of benzene rings is 2. The lowest BCUT2D eigenvalue weighted by Crippen LogP contribution is -2.49. The van der Waals surface area contributed by atoms with Crippen LogP contribution < -0.4 is 11.2 Å². The van der Waals surface area contributed by atoms with Crippen LogP contribution in [0.2, 0.25) is 0 Å². The van der Waals surface area contributed by atoms with Crippen LogP contribution in [-0.4, -0.2) is 51.9 Å². The van der Waals surface area contributed by atoms with Gasteiger partial charge in [-0.15, -0.1) is 0 Å². The number of aromatic nitrogens is 2. The normalized spacial score (nSPS) is 17.6. The molecule has 2 heterocycles. The van der Waals surface area contributed by atoms with E-state index in [2.05, 4.69) is 16.9 Å². The summed E-state index contributed by atoms with van der Waals surface area (Å²) in [6.07, 6.45) is 0. The van der Waals surface area contributed by atoms with Gasteiger partial charge in [0.2, 0.25) is 0 Å². The highest BCUT2D eigenvalue weighted by Gasteiger charge is 2.31. The fraction of sp³-hybridized carbons (Fsp3) is 0.318. The van der Waals surface area contributed by atoms with E-state index >= 15 is 0 Å². The van der Waals surface area contributed by atoms with Crippen LogP contribution in [0.3, 0.4) is 0 Å². The van der Waals surface area contributed by atoms with Gasteiger partial charge < -0.3 is 14.8 Å². The largest absolute Gasteiger partial charge is 0.329 e. The number of likely N-dealkylation sites (N-methyl/N-ethyl adjacent to an activating group) is 1. The standard InChI is InChI=1S/C22H24N4O3/c1-3-25-21(28)17-10-9-16(13-18(17)23-22(25)29)20(27)26-12-11-24(2)14-19(26)15-7-5-4-6-8-15/h4-10,13,19H,3,11-12,14H2,1-2H3,(H,23,29). The van der Waals surface area contributed by atoms with Gasteiger partial charge in [-0.1, -0.05) is 30.3 Å². The summed E-state index contributed by atoms with van der Waals surface area (Å²) in [5.41, 5.74) is 1.14. The Kier molecular flexibility index (Phi) is 5.07. The molecule has 2 aromatic carbocycles. The van der Waals surface area contributed by atoms with E-state index in [4.69, 9.17) is 0 Å². The molecular formula is C22H24N4O3. The van der Waals surface area contributed by atoms with Crippen molar-refractivity contribution >= 4 is 16.8 Å². The Balaban J connectivity index is 1.73. The number of fused-ring (bicyclic) bond motifs is 1. The van der Waals surface area contributed by atoms with E-state index in [1.807, 2.05) is 35.2 Å². The quantitative estimate of drug-likeness (QED) is 0.738. The van der Waals surface area contributed by atoms with Crippen molar-refractivity contribution in [1.29, 1.82) is 0 Å². The fourth-order valence-electron chi connectivity index (χ4n) is 3.96.